The van der Waals surface area contributed by atoms with Crippen LogP contribution in [0.2, 0.25) is 0 Å². The summed E-state index contributed by atoms with van der Waals surface area (Å²) in [6.07, 6.45) is 0.858. The molecule has 1 amide bonds. The predicted octanol–water partition coefficient (Wildman–Crippen LogP) is 2.62. The second-order valence-corrected chi connectivity index (χ2v) is 6.87. The smallest absolute Gasteiger partial charge is 0.225 e. The van der Waals surface area contributed by atoms with E-state index in [1.807, 2.05) is 6.92 Å². The van der Waals surface area contributed by atoms with E-state index in [0.29, 0.717) is 24.2 Å². The van der Waals surface area contributed by atoms with Crippen LogP contribution in [-0.4, -0.2) is 23.3 Å². The monoisotopic (exact) mass is 309 g/mol. The summed E-state index contributed by atoms with van der Waals surface area (Å²) in [5, 5.41) is 13.4. The highest BCUT2D eigenvalue weighted by Gasteiger charge is 2.32. The van der Waals surface area contributed by atoms with Crippen molar-refractivity contribution in [2.75, 3.05) is 6.54 Å². The van der Waals surface area contributed by atoms with Gasteiger partial charge < -0.3 is 19.6 Å². The Hall–Kier alpha value is -1.62. The molecule has 1 aromatic heterocycles. The zero-order valence-corrected chi connectivity index (χ0v) is 14.4. The summed E-state index contributed by atoms with van der Waals surface area (Å²) in [6, 6.07) is 1.78. The maximum atomic E-state index is 12.3. The number of amides is 1. The van der Waals surface area contributed by atoms with Crippen LogP contribution < -0.4 is 5.32 Å². The Balaban J connectivity index is 2.69. The number of aryl methyl sites for hydroxylation is 2. The number of aliphatic hydroxyl groups is 1. The highest BCUT2D eigenvalue weighted by Crippen LogP contribution is 2.27. The Bertz CT molecular complexity index is 555. The van der Waals surface area contributed by atoms with Gasteiger partial charge in [-0.1, -0.05) is 13.8 Å². The molecule has 5 nitrogen and oxygen atoms in total. The number of nitrogens with one attached hydrogen (secondary N) is 1. The lowest BCUT2D eigenvalue weighted by molar-refractivity contribution is -0.131. The molecule has 0 aromatic carbocycles. The SMILES string of the molecule is CC(=O)CCC(C)(C)C(=O)NCC(C)(O)c1cc(C)oc1C. The second-order valence-electron chi connectivity index (χ2n) is 6.87. The van der Waals surface area contributed by atoms with Crippen LogP contribution in [0, 0.1) is 19.3 Å². The third-order valence-electron chi connectivity index (χ3n) is 3.93. The van der Waals surface area contributed by atoms with Gasteiger partial charge in [-0.25, -0.2) is 0 Å². The predicted molar refractivity (Wildman–Crippen MR) is 84.5 cm³/mol. The highest BCUT2D eigenvalue weighted by molar-refractivity contribution is 5.83. The lowest BCUT2D eigenvalue weighted by atomic mass is 9.85. The van der Waals surface area contributed by atoms with Gasteiger partial charge in [0.2, 0.25) is 5.91 Å². The number of furan rings is 1. The van der Waals surface area contributed by atoms with Gasteiger partial charge >= 0.3 is 0 Å². The number of rotatable bonds is 7. The molecule has 1 atom stereocenters. The molecule has 0 aliphatic rings. The highest BCUT2D eigenvalue weighted by atomic mass is 16.3. The zero-order valence-electron chi connectivity index (χ0n) is 14.4. The first-order chi connectivity index (χ1) is 9.95. The van der Waals surface area contributed by atoms with Crippen molar-refractivity contribution in [2.45, 2.75) is 60.0 Å². The summed E-state index contributed by atoms with van der Waals surface area (Å²) in [5.74, 6) is 1.26. The lowest BCUT2D eigenvalue weighted by Gasteiger charge is -2.28. The van der Waals surface area contributed by atoms with Crippen molar-refractivity contribution in [3.05, 3.63) is 23.2 Å². The zero-order chi connectivity index (χ0) is 17.1. The second kappa shape index (κ2) is 6.65. The van der Waals surface area contributed by atoms with Gasteiger partial charge in [-0.3, -0.25) is 4.79 Å². The van der Waals surface area contributed by atoms with E-state index in [4.69, 9.17) is 4.42 Å². The Morgan fingerprint density at radius 1 is 1.27 bits per heavy atom. The number of hydrogen-bond donors (Lipinski definition) is 2. The van der Waals surface area contributed by atoms with Crippen LogP contribution in [0.15, 0.2) is 10.5 Å². The van der Waals surface area contributed by atoms with Crippen molar-refractivity contribution in [3.8, 4) is 0 Å². The molecule has 0 aliphatic heterocycles. The van der Waals surface area contributed by atoms with Crippen LogP contribution in [0.1, 0.15) is 57.6 Å². The summed E-state index contributed by atoms with van der Waals surface area (Å²) < 4.78 is 5.43. The summed E-state index contributed by atoms with van der Waals surface area (Å²) in [6.45, 7) is 10.5. The number of Topliss-reactive ketones (excluding diaryl/α,β-unsaturated/α-hetero) is 1. The molecule has 0 spiro atoms. The summed E-state index contributed by atoms with van der Waals surface area (Å²) in [7, 11) is 0. The van der Waals surface area contributed by atoms with Crippen LogP contribution in [-0.2, 0) is 15.2 Å². The minimum Gasteiger partial charge on any atom is -0.466 e. The van der Waals surface area contributed by atoms with Gasteiger partial charge in [0.05, 0.1) is 6.54 Å². The molecule has 0 fully saturated rings. The van der Waals surface area contributed by atoms with E-state index in [-0.39, 0.29) is 18.2 Å². The number of carbonyl (C=O) groups excluding carboxylic acids is 2. The van der Waals surface area contributed by atoms with Crippen molar-refractivity contribution in [3.63, 3.8) is 0 Å². The van der Waals surface area contributed by atoms with Crippen LogP contribution in [0.4, 0.5) is 0 Å². The Morgan fingerprint density at radius 2 is 1.86 bits per heavy atom. The molecule has 1 rings (SSSR count). The molecule has 0 saturated carbocycles. The largest absolute Gasteiger partial charge is 0.466 e. The normalized spacial score (nSPS) is 14.5. The van der Waals surface area contributed by atoms with Crippen LogP contribution in [0.5, 0.6) is 0 Å². The molecule has 5 heteroatoms. The minimum absolute atomic E-state index is 0.0670. The topological polar surface area (TPSA) is 79.5 Å². The Morgan fingerprint density at radius 3 is 2.32 bits per heavy atom. The third-order valence-corrected chi connectivity index (χ3v) is 3.93. The summed E-state index contributed by atoms with van der Waals surface area (Å²) in [5.41, 5.74) is -1.18. The Kier molecular flexibility index (Phi) is 5.57. The molecule has 0 bridgehead atoms. The van der Waals surface area contributed by atoms with Gasteiger partial charge in [-0.2, -0.15) is 0 Å². The number of ketones is 1. The molecular weight excluding hydrogens is 282 g/mol. The average molecular weight is 309 g/mol. The molecule has 1 heterocycles. The van der Waals surface area contributed by atoms with Gasteiger partial charge in [0.1, 0.15) is 22.9 Å². The molecular formula is C17H27NO4. The molecule has 22 heavy (non-hydrogen) atoms. The third kappa shape index (κ3) is 4.70. The van der Waals surface area contributed by atoms with E-state index in [1.54, 1.807) is 33.8 Å². The van der Waals surface area contributed by atoms with E-state index < -0.39 is 11.0 Å². The van der Waals surface area contributed by atoms with Crippen molar-refractivity contribution in [2.24, 2.45) is 5.41 Å². The van der Waals surface area contributed by atoms with E-state index in [1.165, 1.54) is 6.92 Å². The molecule has 0 radical (unpaired) electrons. The molecule has 1 aromatic rings. The first-order valence-corrected chi connectivity index (χ1v) is 7.53. The summed E-state index contributed by atoms with van der Waals surface area (Å²) in [4.78, 5) is 23.4. The molecule has 0 saturated heterocycles. The van der Waals surface area contributed by atoms with E-state index in [2.05, 4.69) is 5.32 Å². The lowest BCUT2D eigenvalue weighted by Crippen LogP contribution is -2.44. The van der Waals surface area contributed by atoms with Crippen molar-refractivity contribution >= 4 is 11.7 Å². The van der Waals surface area contributed by atoms with Gasteiger partial charge in [-0.15, -0.1) is 0 Å². The van der Waals surface area contributed by atoms with Gasteiger partial charge in [0.25, 0.3) is 0 Å². The molecule has 0 aliphatic carbocycles. The fourth-order valence-corrected chi connectivity index (χ4v) is 2.35. The maximum absolute atomic E-state index is 12.3. The van der Waals surface area contributed by atoms with Crippen LogP contribution in [0.25, 0.3) is 0 Å². The van der Waals surface area contributed by atoms with E-state index in [0.717, 1.165) is 5.76 Å². The Labute approximate surface area is 132 Å². The van der Waals surface area contributed by atoms with Crippen molar-refractivity contribution in [1.29, 1.82) is 0 Å². The first kappa shape index (κ1) is 18.4. The molecule has 1 unspecified atom stereocenters. The fraction of sp³-hybridized carbons (Fsp3) is 0.647. The maximum Gasteiger partial charge on any atom is 0.225 e. The average Bonchev–Trinajstić information content (AvgIpc) is 2.73. The molecule has 2 N–H and O–H groups in total. The number of hydrogen-bond acceptors (Lipinski definition) is 4. The van der Waals surface area contributed by atoms with E-state index in [9.17, 15) is 14.7 Å². The van der Waals surface area contributed by atoms with E-state index >= 15 is 0 Å². The minimum atomic E-state index is -1.20. The first-order valence-electron chi connectivity index (χ1n) is 7.53. The van der Waals surface area contributed by atoms with Crippen LogP contribution >= 0.6 is 0 Å². The van der Waals surface area contributed by atoms with Gasteiger partial charge in [0.15, 0.2) is 0 Å². The van der Waals surface area contributed by atoms with Crippen LogP contribution in [0.3, 0.4) is 0 Å². The van der Waals surface area contributed by atoms with Gasteiger partial charge in [0, 0.05) is 17.4 Å². The van der Waals surface area contributed by atoms with Crippen molar-refractivity contribution < 1.29 is 19.1 Å². The van der Waals surface area contributed by atoms with Crippen molar-refractivity contribution in [1.82, 2.24) is 5.32 Å². The number of carbonyl (C=O) groups is 2. The van der Waals surface area contributed by atoms with Gasteiger partial charge in [-0.05, 0) is 40.2 Å². The standard InChI is InChI=1S/C17H27NO4/c1-11(19)7-8-16(4,5)15(20)18-10-17(6,21)14-9-12(2)22-13(14)3/h9,21H,7-8,10H2,1-6H3,(H,18,20). The quantitative estimate of drug-likeness (QED) is 0.811. The fourth-order valence-electron chi connectivity index (χ4n) is 2.35. The summed E-state index contributed by atoms with van der Waals surface area (Å²) >= 11 is 0. The molecule has 124 valence electrons.